The van der Waals surface area contributed by atoms with Crippen molar-refractivity contribution in [1.29, 1.82) is 0 Å². The van der Waals surface area contributed by atoms with Crippen molar-refractivity contribution in [3.63, 3.8) is 0 Å². The van der Waals surface area contributed by atoms with Crippen LogP contribution in [-0.2, 0) is 4.79 Å². The molecule has 0 atom stereocenters. The molecule has 0 spiro atoms. The maximum absolute atomic E-state index is 12.0. The van der Waals surface area contributed by atoms with E-state index in [2.05, 4.69) is 0 Å². The molecule has 36 heavy (non-hydrogen) atoms. The van der Waals surface area contributed by atoms with Gasteiger partial charge in [-0.05, 0) is 60.7 Å². The van der Waals surface area contributed by atoms with Crippen LogP contribution in [0, 0.1) is 0 Å². The quantitative estimate of drug-likeness (QED) is 0.118. The number of rotatable bonds is 12. The second-order valence-corrected chi connectivity index (χ2v) is 7.76. The lowest BCUT2D eigenvalue weighted by Crippen LogP contribution is -2.10. The molecule has 184 valence electrons. The summed E-state index contributed by atoms with van der Waals surface area (Å²) < 4.78 is 29.0. The number of carbonyl (C=O) groups is 1. The molecule has 4 aromatic rings. The molecule has 0 unspecified atom stereocenters. The van der Waals surface area contributed by atoms with Gasteiger partial charge in [-0.15, -0.1) is 0 Å². The topological polar surface area (TPSA) is 63.2 Å². The molecule has 0 radical (unpaired) electrons. The van der Waals surface area contributed by atoms with Crippen LogP contribution in [0.15, 0.2) is 103 Å². The minimum Gasteiger partial charge on any atom is -0.493 e. The molecule has 0 saturated heterocycles. The number of hydrogen-bond acceptors (Lipinski definition) is 6. The molecule has 0 heterocycles. The standard InChI is InChI=1S/C30H28O6/c1-2-29(31)36-30-27(15-9-16-28(30)35-25-13-7-4-8-14-25)33-22-10-21-32-23-17-19-26(20-18-23)34-24-11-5-3-6-12-24/h3-9,11-20H,2,10,21-22H2,1H3. The number of benzene rings is 4. The minimum atomic E-state index is -0.369. The summed E-state index contributed by atoms with van der Waals surface area (Å²) in [5.41, 5.74) is 0. The van der Waals surface area contributed by atoms with Crippen molar-refractivity contribution in [3.05, 3.63) is 103 Å². The molecule has 0 amide bonds. The summed E-state index contributed by atoms with van der Waals surface area (Å²) in [6.45, 7) is 2.57. The highest BCUT2D eigenvalue weighted by molar-refractivity contribution is 5.74. The Morgan fingerprint density at radius 3 is 1.81 bits per heavy atom. The molecule has 6 heteroatoms. The lowest BCUT2D eigenvalue weighted by Gasteiger charge is -2.16. The summed E-state index contributed by atoms with van der Waals surface area (Å²) in [5.74, 6) is 3.65. The molecular formula is C30H28O6. The summed E-state index contributed by atoms with van der Waals surface area (Å²) in [6, 6.07) is 31.7. The molecule has 0 aliphatic heterocycles. The van der Waals surface area contributed by atoms with E-state index in [9.17, 15) is 4.79 Å². The van der Waals surface area contributed by atoms with Crippen LogP contribution in [0.1, 0.15) is 19.8 Å². The van der Waals surface area contributed by atoms with Gasteiger partial charge in [-0.3, -0.25) is 4.79 Å². The Bertz CT molecular complexity index is 1220. The number of para-hydroxylation sites is 3. The maximum Gasteiger partial charge on any atom is 0.311 e. The van der Waals surface area contributed by atoms with E-state index in [0.29, 0.717) is 36.9 Å². The fourth-order valence-electron chi connectivity index (χ4n) is 3.25. The molecule has 0 fully saturated rings. The maximum atomic E-state index is 12.0. The molecular weight excluding hydrogens is 456 g/mol. The smallest absolute Gasteiger partial charge is 0.311 e. The van der Waals surface area contributed by atoms with Crippen molar-refractivity contribution in [1.82, 2.24) is 0 Å². The van der Waals surface area contributed by atoms with E-state index < -0.39 is 0 Å². The van der Waals surface area contributed by atoms with Gasteiger partial charge in [-0.25, -0.2) is 0 Å². The van der Waals surface area contributed by atoms with Gasteiger partial charge in [-0.2, -0.15) is 0 Å². The van der Waals surface area contributed by atoms with Gasteiger partial charge >= 0.3 is 5.97 Å². The predicted octanol–water partition coefficient (Wildman–Crippen LogP) is 7.43. The van der Waals surface area contributed by atoms with E-state index in [4.69, 9.17) is 23.7 Å². The van der Waals surface area contributed by atoms with Gasteiger partial charge in [0, 0.05) is 12.8 Å². The first-order valence-electron chi connectivity index (χ1n) is 11.9. The zero-order chi connectivity index (χ0) is 25.0. The van der Waals surface area contributed by atoms with E-state index in [0.717, 1.165) is 17.2 Å². The molecule has 0 aromatic heterocycles. The third-order valence-electron chi connectivity index (χ3n) is 5.04. The second-order valence-electron chi connectivity index (χ2n) is 7.76. The monoisotopic (exact) mass is 484 g/mol. The largest absolute Gasteiger partial charge is 0.493 e. The Balaban J connectivity index is 1.30. The molecule has 6 nitrogen and oxygen atoms in total. The van der Waals surface area contributed by atoms with E-state index in [1.165, 1.54) is 0 Å². The zero-order valence-electron chi connectivity index (χ0n) is 20.1. The van der Waals surface area contributed by atoms with Crippen LogP contribution < -0.4 is 23.7 Å². The van der Waals surface area contributed by atoms with Crippen molar-refractivity contribution in [2.24, 2.45) is 0 Å². The van der Waals surface area contributed by atoms with Crippen LogP contribution in [0.5, 0.6) is 40.2 Å². The molecule has 0 N–H and O–H groups in total. The van der Waals surface area contributed by atoms with Crippen LogP contribution in [0.2, 0.25) is 0 Å². The molecule has 0 bridgehead atoms. The minimum absolute atomic E-state index is 0.238. The Morgan fingerprint density at radius 2 is 1.14 bits per heavy atom. The fraction of sp³-hybridized carbons (Fsp3) is 0.167. The van der Waals surface area contributed by atoms with Crippen molar-refractivity contribution in [2.45, 2.75) is 19.8 Å². The Morgan fingerprint density at radius 1 is 0.583 bits per heavy atom. The van der Waals surface area contributed by atoms with Gasteiger partial charge in [-0.1, -0.05) is 49.4 Å². The van der Waals surface area contributed by atoms with Crippen molar-refractivity contribution >= 4 is 5.97 Å². The van der Waals surface area contributed by atoms with Gasteiger partial charge in [0.2, 0.25) is 5.75 Å². The van der Waals surface area contributed by atoms with Gasteiger partial charge < -0.3 is 23.7 Å². The van der Waals surface area contributed by atoms with Crippen molar-refractivity contribution in [3.8, 4) is 40.2 Å². The van der Waals surface area contributed by atoms with Gasteiger partial charge in [0.05, 0.1) is 13.2 Å². The summed E-state index contributed by atoms with van der Waals surface area (Å²) in [7, 11) is 0. The molecule has 0 aliphatic rings. The predicted molar refractivity (Wildman–Crippen MR) is 137 cm³/mol. The van der Waals surface area contributed by atoms with E-state index in [1.54, 1.807) is 25.1 Å². The summed E-state index contributed by atoms with van der Waals surface area (Å²) >= 11 is 0. The molecule has 4 aromatic carbocycles. The normalized spacial score (nSPS) is 10.4. The zero-order valence-corrected chi connectivity index (χ0v) is 20.1. The third-order valence-corrected chi connectivity index (χ3v) is 5.04. The average Bonchev–Trinajstić information content (AvgIpc) is 2.92. The van der Waals surface area contributed by atoms with Crippen molar-refractivity contribution in [2.75, 3.05) is 13.2 Å². The van der Waals surface area contributed by atoms with E-state index in [-0.39, 0.29) is 18.1 Å². The van der Waals surface area contributed by atoms with Crippen molar-refractivity contribution < 1.29 is 28.5 Å². The first-order valence-corrected chi connectivity index (χ1v) is 11.9. The Labute approximate surface area is 211 Å². The average molecular weight is 485 g/mol. The highest BCUT2D eigenvalue weighted by Gasteiger charge is 2.16. The Hall–Kier alpha value is -4.45. The van der Waals surface area contributed by atoms with E-state index >= 15 is 0 Å². The number of hydrogen-bond donors (Lipinski definition) is 0. The summed E-state index contributed by atoms with van der Waals surface area (Å²) in [6.07, 6.45) is 0.870. The highest BCUT2D eigenvalue weighted by Crippen LogP contribution is 2.40. The summed E-state index contributed by atoms with van der Waals surface area (Å²) in [5, 5.41) is 0. The fourth-order valence-corrected chi connectivity index (χ4v) is 3.25. The Kier molecular flexibility index (Phi) is 8.81. The molecule has 4 rings (SSSR count). The lowest BCUT2D eigenvalue weighted by molar-refractivity contribution is -0.134. The number of carbonyl (C=O) groups excluding carboxylic acids is 1. The second kappa shape index (κ2) is 12.9. The number of ether oxygens (including phenoxy) is 5. The number of esters is 1. The molecule has 0 saturated carbocycles. The van der Waals surface area contributed by atoms with Crippen LogP contribution in [0.3, 0.4) is 0 Å². The van der Waals surface area contributed by atoms with Crippen LogP contribution >= 0.6 is 0 Å². The lowest BCUT2D eigenvalue weighted by atomic mass is 10.2. The first kappa shape index (κ1) is 24.7. The highest BCUT2D eigenvalue weighted by atomic mass is 16.6. The van der Waals surface area contributed by atoms with E-state index in [1.807, 2.05) is 84.9 Å². The first-order chi connectivity index (χ1) is 17.7. The third kappa shape index (κ3) is 7.27. The van der Waals surface area contributed by atoms with Crippen LogP contribution in [0.4, 0.5) is 0 Å². The SMILES string of the molecule is CCC(=O)Oc1c(OCCCOc2ccc(Oc3ccccc3)cc2)cccc1Oc1ccccc1. The van der Waals surface area contributed by atoms with Gasteiger partial charge in [0.1, 0.15) is 23.0 Å². The van der Waals surface area contributed by atoms with Gasteiger partial charge in [0.25, 0.3) is 0 Å². The summed E-state index contributed by atoms with van der Waals surface area (Å²) in [4.78, 5) is 12.0. The molecule has 0 aliphatic carbocycles. The van der Waals surface area contributed by atoms with Crippen LogP contribution in [0.25, 0.3) is 0 Å². The van der Waals surface area contributed by atoms with Gasteiger partial charge in [0.15, 0.2) is 11.5 Å². The van der Waals surface area contributed by atoms with Crippen LogP contribution in [-0.4, -0.2) is 19.2 Å².